The van der Waals surface area contributed by atoms with E-state index in [-0.39, 0.29) is 6.61 Å². The summed E-state index contributed by atoms with van der Waals surface area (Å²) in [5.74, 6) is 3.31. The Morgan fingerprint density at radius 3 is 2.47 bits per heavy atom. The second-order valence-corrected chi connectivity index (χ2v) is 11.8. The number of pyridine rings is 1. The Morgan fingerprint density at radius 2 is 1.88 bits per heavy atom. The van der Waals surface area contributed by atoms with E-state index in [0.29, 0.717) is 57.1 Å². The molecule has 34 heavy (non-hydrogen) atoms. The van der Waals surface area contributed by atoms with Crippen molar-refractivity contribution in [2.75, 3.05) is 53.7 Å². The van der Waals surface area contributed by atoms with E-state index in [9.17, 15) is 14.6 Å². The zero-order valence-corrected chi connectivity index (χ0v) is 20.3. The monoisotopic (exact) mass is 499 g/mol. The largest absolute Gasteiger partial charge is 0.394 e. The Hall–Kier alpha value is -2.48. The summed E-state index contributed by atoms with van der Waals surface area (Å²) in [4.78, 5) is 18.7. The molecule has 9 nitrogen and oxygen atoms in total. The first kappa shape index (κ1) is 22.0. The number of nitrogens with zero attached hydrogens (tertiary/aromatic N) is 6. The van der Waals surface area contributed by atoms with Gasteiger partial charge in [0.25, 0.3) is 0 Å². The van der Waals surface area contributed by atoms with Gasteiger partial charge >= 0.3 is 0 Å². The van der Waals surface area contributed by atoms with E-state index in [1.54, 1.807) is 12.4 Å². The molecule has 3 fully saturated rings. The normalized spacial score (nSPS) is 26.7. The first-order valence-electron chi connectivity index (χ1n) is 11.7. The summed E-state index contributed by atoms with van der Waals surface area (Å²) in [6, 6.07) is 2.37. The van der Waals surface area contributed by atoms with Gasteiger partial charge in [0, 0.05) is 43.8 Å². The zero-order valence-electron chi connectivity index (χ0n) is 18.7. The predicted molar refractivity (Wildman–Crippen MR) is 130 cm³/mol. The van der Waals surface area contributed by atoms with Crippen molar-refractivity contribution in [3.63, 3.8) is 0 Å². The van der Waals surface area contributed by atoms with Crippen LogP contribution in [-0.2, 0) is 17.2 Å². The summed E-state index contributed by atoms with van der Waals surface area (Å²) >= 11 is 5.93. The summed E-state index contributed by atoms with van der Waals surface area (Å²) in [6.45, 7) is 3.30. The molecule has 2 aromatic heterocycles. The van der Waals surface area contributed by atoms with Gasteiger partial charge in [-0.15, -0.1) is 0 Å². The lowest BCUT2D eigenvalue weighted by molar-refractivity contribution is 0.143. The molecular weight excluding hydrogens is 474 g/mol. The molecule has 0 amide bonds. The minimum atomic E-state index is -1.18. The van der Waals surface area contributed by atoms with E-state index in [4.69, 9.17) is 16.6 Å². The molecule has 0 bridgehead atoms. The highest BCUT2D eigenvalue weighted by atomic mass is 35.5. The lowest BCUT2D eigenvalue weighted by Crippen LogP contribution is -2.48. The smallest absolute Gasteiger partial charge is 0.225 e. The van der Waals surface area contributed by atoms with E-state index < -0.39 is 16.3 Å². The molecular formula is C23H26ClN7O2S. The van der Waals surface area contributed by atoms with E-state index in [1.807, 2.05) is 0 Å². The Bertz CT molecular complexity index is 1180. The third-order valence-electron chi connectivity index (χ3n) is 7.78. The summed E-state index contributed by atoms with van der Waals surface area (Å²) in [5.41, 5.74) is 1.00. The maximum atomic E-state index is 12.8. The molecule has 11 heteroatoms. The third-order valence-corrected chi connectivity index (χ3v) is 9.45. The van der Waals surface area contributed by atoms with Crippen molar-refractivity contribution < 1.29 is 9.32 Å². The Balaban J connectivity index is 1.29. The van der Waals surface area contributed by atoms with Crippen LogP contribution in [0.5, 0.6) is 0 Å². The molecule has 2 aromatic rings. The van der Waals surface area contributed by atoms with Crippen LogP contribution in [0.15, 0.2) is 17.3 Å². The predicted octanol–water partition coefficient (Wildman–Crippen LogP) is 1.96. The highest BCUT2D eigenvalue weighted by Gasteiger charge is 2.44. The first-order valence-corrected chi connectivity index (χ1v) is 13.4. The van der Waals surface area contributed by atoms with Crippen LogP contribution in [0.2, 0.25) is 5.02 Å². The molecule has 4 aliphatic rings. The van der Waals surface area contributed by atoms with E-state index in [1.165, 1.54) is 0 Å². The molecule has 6 rings (SSSR count). The standard InChI is InChI=1S/C23H26ClN7O2S/c24-16-7-26-22(27-8-16)31-11-14-9-30(10-15(14)12-31)21-18(6-25)17-2-5-34(33)19(17)20(28-21)29-23(13-32)3-1-4-23/h7-8,14-15,32H,1-5,9-13H2,(H,28,29)/t14?,15?,34-/m0/s1. The second-order valence-electron chi connectivity index (χ2n) is 9.83. The number of fused-ring (bicyclic) bond motifs is 2. The van der Waals surface area contributed by atoms with Crippen molar-refractivity contribution in [1.29, 1.82) is 5.26 Å². The summed E-state index contributed by atoms with van der Waals surface area (Å²) in [7, 11) is -1.18. The molecule has 0 radical (unpaired) electrons. The number of aromatic nitrogens is 3. The van der Waals surface area contributed by atoms with E-state index in [0.717, 1.165) is 51.0 Å². The second kappa shape index (κ2) is 8.33. The Morgan fingerprint density at radius 1 is 1.21 bits per heavy atom. The molecule has 1 aliphatic carbocycles. The minimum absolute atomic E-state index is 0.0158. The van der Waals surface area contributed by atoms with Gasteiger partial charge in [-0.1, -0.05) is 11.6 Å². The average Bonchev–Trinajstić information content (AvgIpc) is 3.50. The number of nitriles is 1. The number of halogens is 1. The van der Waals surface area contributed by atoms with Gasteiger partial charge in [0.05, 0.1) is 50.8 Å². The quantitative estimate of drug-likeness (QED) is 0.636. The van der Waals surface area contributed by atoms with Crippen LogP contribution in [0.4, 0.5) is 17.6 Å². The fourth-order valence-corrected chi connectivity index (χ4v) is 7.27. The van der Waals surface area contributed by atoms with Gasteiger partial charge in [0.15, 0.2) is 0 Å². The number of hydrogen-bond donors (Lipinski definition) is 2. The number of anilines is 3. The van der Waals surface area contributed by atoms with Crippen molar-refractivity contribution in [2.24, 2.45) is 11.8 Å². The number of aliphatic hydroxyl groups is 1. The molecule has 3 atom stereocenters. The van der Waals surface area contributed by atoms with Crippen molar-refractivity contribution in [2.45, 2.75) is 36.1 Å². The number of aliphatic hydroxyl groups excluding tert-OH is 1. The SMILES string of the molecule is N#Cc1c(N2CC3CN(c4ncc(Cl)cn4)CC3C2)nc(NC2(CO)CCC2)c2c1CC[S@@]2=O. The van der Waals surface area contributed by atoms with Crippen molar-refractivity contribution in [3.05, 3.63) is 28.5 Å². The first-order chi connectivity index (χ1) is 16.5. The van der Waals surface area contributed by atoms with Gasteiger partial charge in [-0.3, -0.25) is 4.21 Å². The number of rotatable bonds is 5. The van der Waals surface area contributed by atoms with Crippen LogP contribution in [0, 0.1) is 23.2 Å². The summed E-state index contributed by atoms with van der Waals surface area (Å²) < 4.78 is 12.8. The van der Waals surface area contributed by atoms with Crippen LogP contribution in [0.1, 0.15) is 30.4 Å². The highest BCUT2D eigenvalue weighted by Crippen LogP contribution is 2.43. The lowest BCUT2D eigenvalue weighted by atomic mass is 9.77. The van der Waals surface area contributed by atoms with Gasteiger partial charge in [0.1, 0.15) is 17.7 Å². The Kier molecular flexibility index (Phi) is 5.39. The molecule has 1 saturated carbocycles. The number of hydrogen-bond acceptors (Lipinski definition) is 9. The van der Waals surface area contributed by atoms with Gasteiger partial charge < -0.3 is 20.2 Å². The minimum Gasteiger partial charge on any atom is -0.394 e. The van der Waals surface area contributed by atoms with Crippen molar-refractivity contribution >= 4 is 40.0 Å². The number of nitrogens with one attached hydrogen (secondary N) is 1. The third kappa shape index (κ3) is 3.53. The van der Waals surface area contributed by atoms with E-state index >= 15 is 0 Å². The topological polar surface area (TPSA) is 118 Å². The molecule has 0 aromatic carbocycles. The fourth-order valence-electron chi connectivity index (χ4n) is 5.79. The lowest BCUT2D eigenvalue weighted by Gasteiger charge is -2.42. The van der Waals surface area contributed by atoms with Crippen LogP contribution in [0.3, 0.4) is 0 Å². The van der Waals surface area contributed by atoms with Crippen molar-refractivity contribution in [1.82, 2.24) is 15.0 Å². The summed E-state index contributed by atoms with van der Waals surface area (Å²) in [5, 5.41) is 24.0. The maximum Gasteiger partial charge on any atom is 0.225 e. The van der Waals surface area contributed by atoms with Crippen LogP contribution in [-0.4, -0.2) is 68.3 Å². The van der Waals surface area contributed by atoms with Crippen molar-refractivity contribution in [3.8, 4) is 6.07 Å². The van der Waals surface area contributed by atoms with Gasteiger partial charge in [0.2, 0.25) is 5.95 Å². The Labute approximate surface area is 205 Å². The highest BCUT2D eigenvalue weighted by molar-refractivity contribution is 7.85. The van der Waals surface area contributed by atoms with Crippen LogP contribution >= 0.6 is 11.6 Å². The molecule has 2 unspecified atom stereocenters. The van der Waals surface area contributed by atoms with Crippen LogP contribution < -0.4 is 15.1 Å². The van der Waals surface area contributed by atoms with E-state index in [2.05, 4.69) is 31.2 Å². The fraction of sp³-hybridized carbons (Fsp3) is 0.565. The average molecular weight is 500 g/mol. The molecule has 178 valence electrons. The molecule has 0 spiro atoms. The van der Waals surface area contributed by atoms with Crippen LogP contribution in [0.25, 0.3) is 0 Å². The maximum absolute atomic E-state index is 12.8. The molecule has 2 N–H and O–H groups in total. The molecule has 2 saturated heterocycles. The van der Waals surface area contributed by atoms with Gasteiger partial charge in [-0.25, -0.2) is 15.0 Å². The molecule has 5 heterocycles. The summed E-state index contributed by atoms with van der Waals surface area (Å²) in [6.07, 6.45) is 6.63. The zero-order chi connectivity index (χ0) is 23.4. The molecule has 3 aliphatic heterocycles. The van der Waals surface area contributed by atoms with Gasteiger partial charge in [-0.05, 0) is 31.2 Å². The van der Waals surface area contributed by atoms with Gasteiger partial charge in [-0.2, -0.15) is 5.26 Å².